The highest BCUT2D eigenvalue weighted by Crippen LogP contribution is 2.26. The minimum Gasteiger partial charge on any atom is -0.491 e. The second-order valence-corrected chi connectivity index (χ2v) is 8.83. The first-order chi connectivity index (χ1) is 13.4. The Morgan fingerprint density at radius 3 is 3.00 bits per heavy atom. The van der Waals surface area contributed by atoms with Crippen molar-refractivity contribution in [3.8, 4) is 5.75 Å². The number of hydrogen-bond acceptors (Lipinski definition) is 7. The zero-order chi connectivity index (χ0) is 20.1. The van der Waals surface area contributed by atoms with Crippen molar-refractivity contribution in [1.82, 2.24) is 9.88 Å². The molecule has 2 aromatic rings. The fraction of sp³-hybridized carbons (Fsp3) is 0.421. The second kappa shape index (κ2) is 9.29. The molecular formula is C19H23N3O4S2. The van der Waals surface area contributed by atoms with Crippen molar-refractivity contribution in [2.75, 3.05) is 37.9 Å². The van der Waals surface area contributed by atoms with E-state index >= 15 is 0 Å². The minimum atomic E-state index is -1.02. The van der Waals surface area contributed by atoms with Crippen molar-refractivity contribution in [1.29, 1.82) is 0 Å². The van der Waals surface area contributed by atoms with Gasteiger partial charge in [0.15, 0.2) is 10.0 Å². The monoisotopic (exact) mass is 421 g/mol. The molecule has 0 spiro atoms. The first kappa shape index (κ1) is 20.5. The lowest BCUT2D eigenvalue weighted by Gasteiger charge is -2.25. The summed E-state index contributed by atoms with van der Waals surface area (Å²) in [5.41, 5.74) is 1.13. The van der Waals surface area contributed by atoms with Crippen LogP contribution in [0, 0.1) is 0 Å². The lowest BCUT2D eigenvalue weighted by molar-refractivity contribution is -0.129. The summed E-state index contributed by atoms with van der Waals surface area (Å²) < 4.78 is 6.66. The summed E-state index contributed by atoms with van der Waals surface area (Å²) in [6.07, 6.45) is 1.33. The van der Waals surface area contributed by atoms with Crippen molar-refractivity contribution in [3.63, 3.8) is 0 Å². The van der Waals surface area contributed by atoms with E-state index in [1.54, 1.807) is 0 Å². The molecule has 1 saturated heterocycles. The maximum Gasteiger partial charge on any atom is 0.355 e. The third kappa shape index (κ3) is 5.17. The number of hydrogen-bond donors (Lipinski definition) is 1. The average molecular weight is 422 g/mol. The number of anilines is 1. The van der Waals surface area contributed by atoms with Gasteiger partial charge in [-0.2, -0.15) is 0 Å². The van der Waals surface area contributed by atoms with Crippen LogP contribution in [-0.4, -0.2) is 65.9 Å². The van der Waals surface area contributed by atoms with Gasteiger partial charge >= 0.3 is 5.97 Å². The van der Waals surface area contributed by atoms with Crippen molar-refractivity contribution >= 4 is 40.7 Å². The van der Waals surface area contributed by atoms with Crippen LogP contribution in [0.4, 0.5) is 5.69 Å². The summed E-state index contributed by atoms with van der Waals surface area (Å²) in [6, 6.07) is 7.94. The number of amides is 1. The predicted molar refractivity (Wildman–Crippen MR) is 111 cm³/mol. The third-order valence-electron chi connectivity index (χ3n) is 4.49. The molecule has 1 aliphatic rings. The van der Waals surface area contributed by atoms with E-state index in [9.17, 15) is 9.59 Å². The summed E-state index contributed by atoms with van der Waals surface area (Å²) in [7, 11) is 3.96. The van der Waals surface area contributed by atoms with Crippen LogP contribution >= 0.6 is 23.1 Å². The standard InChI is InChI=1S/C19H23N3O4S2/c1-21(2)13-4-3-5-15(10-13)26-11-14-6-7-17(23)22(14)8-9-27-19-20-16(12-28-19)18(24)25/h3-5,10,12,14H,6-9,11H2,1-2H3,(H,24,25). The number of aromatic nitrogens is 1. The van der Waals surface area contributed by atoms with E-state index in [4.69, 9.17) is 9.84 Å². The number of carboxylic acid groups (broad SMARTS) is 1. The molecule has 1 N–H and O–H groups in total. The Morgan fingerprint density at radius 1 is 1.46 bits per heavy atom. The van der Waals surface area contributed by atoms with E-state index in [-0.39, 0.29) is 17.6 Å². The zero-order valence-corrected chi connectivity index (χ0v) is 17.5. The predicted octanol–water partition coefficient (Wildman–Crippen LogP) is 3.07. The van der Waals surface area contributed by atoms with Crippen LogP contribution < -0.4 is 9.64 Å². The molecule has 7 nitrogen and oxygen atoms in total. The van der Waals surface area contributed by atoms with Crippen molar-refractivity contribution in [3.05, 3.63) is 35.3 Å². The number of carboxylic acids is 1. The molecule has 0 aliphatic carbocycles. The topological polar surface area (TPSA) is 83.0 Å². The number of benzene rings is 1. The van der Waals surface area contributed by atoms with Crippen molar-refractivity contribution in [2.24, 2.45) is 0 Å². The van der Waals surface area contributed by atoms with Crippen LogP contribution in [0.5, 0.6) is 5.75 Å². The summed E-state index contributed by atoms with van der Waals surface area (Å²) in [5.74, 6) is 0.587. The molecule has 1 unspecified atom stereocenters. The van der Waals surface area contributed by atoms with Crippen LogP contribution in [0.3, 0.4) is 0 Å². The number of carbonyl (C=O) groups is 2. The molecule has 0 saturated carbocycles. The summed E-state index contributed by atoms with van der Waals surface area (Å²) >= 11 is 2.79. The van der Waals surface area contributed by atoms with Gasteiger partial charge < -0.3 is 19.6 Å². The number of thiazole rings is 1. The Bertz CT molecular complexity index is 840. The lowest BCUT2D eigenvalue weighted by Crippen LogP contribution is -2.38. The van der Waals surface area contributed by atoms with E-state index < -0.39 is 5.97 Å². The Hall–Kier alpha value is -2.26. The van der Waals surface area contributed by atoms with Gasteiger partial charge in [0, 0.05) is 49.9 Å². The average Bonchev–Trinajstić information content (AvgIpc) is 3.28. The zero-order valence-electron chi connectivity index (χ0n) is 15.8. The van der Waals surface area contributed by atoms with Crippen LogP contribution in [-0.2, 0) is 4.79 Å². The minimum absolute atomic E-state index is 0.0574. The van der Waals surface area contributed by atoms with E-state index in [1.165, 1.54) is 28.5 Å². The molecule has 1 atom stereocenters. The van der Waals surface area contributed by atoms with Crippen molar-refractivity contribution < 1.29 is 19.4 Å². The fourth-order valence-corrected chi connectivity index (χ4v) is 4.78. The van der Waals surface area contributed by atoms with Gasteiger partial charge in [-0.05, 0) is 18.6 Å². The molecule has 1 amide bonds. The van der Waals surface area contributed by atoms with E-state index in [0.717, 1.165) is 17.9 Å². The van der Waals surface area contributed by atoms with Gasteiger partial charge in [-0.15, -0.1) is 11.3 Å². The van der Waals surface area contributed by atoms with Crippen LogP contribution in [0.25, 0.3) is 0 Å². The number of carbonyl (C=O) groups excluding carboxylic acids is 1. The van der Waals surface area contributed by atoms with Gasteiger partial charge in [0.1, 0.15) is 12.4 Å². The maximum absolute atomic E-state index is 12.2. The lowest BCUT2D eigenvalue weighted by atomic mass is 10.2. The molecule has 1 aromatic heterocycles. The van der Waals surface area contributed by atoms with E-state index in [2.05, 4.69) is 4.98 Å². The number of aromatic carboxylic acids is 1. The first-order valence-corrected chi connectivity index (χ1v) is 10.8. The van der Waals surface area contributed by atoms with E-state index in [1.807, 2.05) is 48.2 Å². The SMILES string of the molecule is CN(C)c1cccc(OCC2CCC(=O)N2CCSc2nc(C(=O)O)cs2)c1. The maximum atomic E-state index is 12.2. The molecule has 0 bridgehead atoms. The molecule has 1 aliphatic heterocycles. The Morgan fingerprint density at radius 2 is 2.29 bits per heavy atom. The van der Waals surface area contributed by atoms with Crippen LogP contribution in [0.2, 0.25) is 0 Å². The summed E-state index contributed by atoms with van der Waals surface area (Å²) in [4.78, 5) is 31.1. The highest BCUT2D eigenvalue weighted by atomic mass is 32.2. The molecule has 3 rings (SSSR count). The Labute approximate surface area is 172 Å². The second-order valence-electron chi connectivity index (χ2n) is 6.63. The van der Waals surface area contributed by atoms with Gasteiger partial charge in [0.2, 0.25) is 5.91 Å². The molecule has 1 aromatic carbocycles. The molecule has 1 fully saturated rings. The molecule has 150 valence electrons. The Balaban J connectivity index is 1.51. The number of likely N-dealkylation sites (tertiary alicyclic amines) is 1. The first-order valence-electron chi connectivity index (χ1n) is 8.95. The summed E-state index contributed by atoms with van der Waals surface area (Å²) in [6.45, 7) is 1.06. The van der Waals surface area contributed by atoms with E-state index in [0.29, 0.717) is 29.7 Å². The van der Waals surface area contributed by atoms with Gasteiger partial charge in [0.05, 0.1) is 6.04 Å². The summed E-state index contributed by atoms with van der Waals surface area (Å²) in [5, 5.41) is 10.5. The largest absolute Gasteiger partial charge is 0.491 e. The van der Waals surface area contributed by atoms with Gasteiger partial charge in [-0.25, -0.2) is 9.78 Å². The van der Waals surface area contributed by atoms with Crippen molar-refractivity contribution in [2.45, 2.75) is 23.2 Å². The normalized spacial score (nSPS) is 16.4. The van der Waals surface area contributed by atoms with Gasteiger partial charge in [0.25, 0.3) is 0 Å². The third-order valence-corrected chi connectivity index (χ3v) is 6.49. The molecular weight excluding hydrogens is 398 g/mol. The van der Waals surface area contributed by atoms with Gasteiger partial charge in [-0.1, -0.05) is 17.8 Å². The fourth-order valence-electron chi connectivity index (χ4n) is 2.97. The van der Waals surface area contributed by atoms with Gasteiger partial charge in [-0.3, -0.25) is 4.79 Å². The quantitative estimate of drug-likeness (QED) is 0.623. The molecule has 0 radical (unpaired) electrons. The number of rotatable bonds is 9. The molecule has 28 heavy (non-hydrogen) atoms. The molecule has 9 heteroatoms. The molecule has 2 heterocycles. The highest BCUT2D eigenvalue weighted by molar-refractivity contribution is 8.01. The highest BCUT2D eigenvalue weighted by Gasteiger charge is 2.31. The number of ether oxygens (including phenoxy) is 1. The number of nitrogens with zero attached hydrogens (tertiary/aromatic N) is 3. The van der Waals surface area contributed by atoms with Crippen LogP contribution in [0.15, 0.2) is 34.0 Å². The smallest absolute Gasteiger partial charge is 0.355 e. The Kier molecular flexibility index (Phi) is 6.79. The number of thioether (sulfide) groups is 1. The van der Waals surface area contributed by atoms with Crippen LogP contribution in [0.1, 0.15) is 23.3 Å².